The number of halogens is 1. The molecule has 0 aromatic heterocycles. The molecule has 0 N–H and O–H groups in total. The minimum absolute atomic E-state index is 0. The van der Waals surface area contributed by atoms with E-state index in [9.17, 15) is 0 Å². The molecule has 0 amide bonds. The number of ether oxygens (including phenoxy) is 1. The Morgan fingerprint density at radius 3 is 2.46 bits per heavy atom. The zero-order valence-corrected chi connectivity index (χ0v) is 9.34. The van der Waals surface area contributed by atoms with Gasteiger partial charge in [0.15, 0.2) is 6.21 Å². The molecule has 0 heterocycles. The van der Waals surface area contributed by atoms with E-state index in [1.165, 1.54) is 18.4 Å². The van der Waals surface area contributed by atoms with Crippen LogP contribution in [0.15, 0.2) is 11.8 Å². The predicted octanol–water partition coefficient (Wildman–Crippen LogP) is -1.34. The summed E-state index contributed by atoms with van der Waals surface area (Å²) in [4.78, 5) is 0. The number of hydrogen-bond donors (Lipinski definition) is 0. The van der Waals surface area contributed by atoms with Gasteiger partial charge in [-0.05, 0) is 25.7 Å². The third kappa shape index (κ3) is 4.94. The molecule has 0 atom stereocenters. The maximum absolute atomic E-state index is 5.28. The summed E-state index contributed by atoms with van der Waals surface area (Å²) < 4.78 is 7.35. The molecule has 1 saturated carbocycles. The van der Waals surface area contributed by atoms with Crippen LogP contribution in [0.5, 0.6) is 0 Å². The minimum atomic E-state index is 0. The average Bonchev–Trinajstić information content (AvgIpc) is 2.79. The van der Waals surface area contributed by atoms with Crippen molar-refractivity contribution >= 4 is 6.21 Å². The van der Waals surface area contributed by atoms with Gasteiger partial charge in [-0.25, -0.2) is 4.58 Å². The molecule has 2 nitrogen and oxygen atoms in total. The summed E-state index contributed by atoms with van der Waals surface area (Å²) in [6.07, 6.45) is 6.69. The molecule has 76 valence electrons. The fraction of sp³-hybridized carbons (Fsp3) is 0.700. The lowest BCUT2D eigenvalue weighted by atomic mass is 10.2. The van der Waals surface area contributed by atoms with Crippen LogP contribution in [0, 0.1) is 5.92 Å². The number of allylic oxidation sites excluding steroid dienone is 1. The van der Waals surface area contributed by atoms with Crippen molar-refractivity contribution in [2.24, 2.45) is 5.92 Å². The fourth-order valence-electron chi connectivity index (χ4n) is 1.13. The maximum atomic E-state index is 5.28. The Kier molecular flexibility index (Phi) is 5.80. The van der Waals surface area contributed by atoms with Crippen LogP contribution in [0.3, 0.4) is 0 Å². The Hall–Kier alpha value is -0.500. The molecule has 3 heteroatoms. The molecule has 1 aliphatic carbocycles. The Morgan fingerprint density at radius 1 is 1.46 bits per heavy atom. The van der Waals surface area contributed by atoms with Crippen LogP contribution in [-0.4, -0.2) is 31.5 Å². The Bertz CT molecular complexity index is 203. The van der Waals surface area contributed by atoms with Crippen LogP contribution in [-0.2, 0) is 4.74 Å². The third-order valence-electron chi connectivity index (χ3n) is 1.84. The highest BCUT2D eigenvalue weighted by Gasteiger charge is 2.27. The summed E-state index contributed by atoms with van der Waals surface area (Å²) in [5, 5.41) is 0. The van der Waals surface area contributed by atoms with Crippen molar-refractivity contribution in [3.8, 4) is 0 Å². The van der Waals surface area contributed by atoms with Gasteiger partial charge in [-0.2, -0.15) is 0 Å². The van der Waals surface area contributed by atoms with Crippen LogP contribution >= 0.6 is 0 Å². The molecular formula is C10H18ClNO. The highest BCUT2D eigenvalue weighted by atomic mass is 35.5. The van der Waals surface area contributed by atoms with Crippen LogP contribution in [0.25, 0.3) is 0 Å². The zero-order chi connectivity index (χ0) is 8.97. The molecule has 0 unspecified atom stereocenters. The second-order valence-corrected chi connectivity index (χ2v) is 3.44. The summed E-state index contributed by atoms with van der Waals surface area (Å²) in [5.41, 5.74) is 1.34. The van der Waals surface area contributed by atoms with Crippen molar-refractivity contribution < 1.29 is 21.7 Å². The van der Waals surface area contributed by atoms with Gasteiger partial charge < -0.3 is 17.1 Å². The molecule has 0 aromatic rings. The van der Waals surface area contributed by atoms with E-state index >= 15 is 0 Å². The second kappa shape index (κ2) is 6.03. The van der Waals surface area contributed by atoms with Gasteiger partial charge in [0, 0.05) is 0 Å². The van der Waals surface area contributed by atoms with E-state index in [1.807, 2.05) is 27.3 Å². The quantitative estimate of drug-likeness (QED) is 0.313. The minimum Gasteiger partial charge on any atom is -1.00 e. The standard InChI is InChI=1S/C10H18NO.ClH/c1-4-12-8-10(7-11(2)3)9-5-6-9;/h7-9H,4-6H2,1-3H3;1H/q+1;/p-1. The summed E-state index contributed by atoms with van der Waals surface area (Å²) >= 11 is 0. The highest BCUT2D eigenvalue weighted by Crippen LogP contribution is 2.35. The summed E-state index contributed by atoms with van der Waals surface area (Å²) in [5.74, 6) is 0.763. The number of hydrogen-bond acceptors (Lipinski definition) is 1. The normalized spacial score (nSPS) is 16.1. The van der Waals surface area contributed by atoms with Gasteiger partial charge in [0.05, 0.1) is 18.4 Å². The maximum Gasteiger partial charge on any atom is 0.169 e. The largest absolute Gasteiger partial charge is 1.00 e. The second-order valence-electron chi connectivity index (χ2n) is 3.44. The Morgan fingerprint density at radius 2 is 2.08 bits per heavy atom. The van der Waals surface area contributed by atoms with Crippen molar-refractivity contribution in [1.29, 1.82) is 0 Å². The monoisotopic (exact) mass is 203 g/mol. The van der Waals surface area contributed by atoms with Gasteiger partial charge in [0.2, 0.25) is 0 Å². The summed E-state index contributed by atoms with van der Waals surface area (Å²) in [6.45, 7) is 2.77. The molecule has 13 heavy (non-hydrogen) atoms. The molecule has 0 spiro atoms. The summed E-state index contributed by atoms with van der Waals surface area (Å²) in [6, 6.07) is 0. The SMILES string of the molecule is CCOC=C(C=[N+](C)C)C1CC1.[Cl-]. The van der Waals surface area contributed by atoms with E-state index < -0.39 is 0 Å². The van der Waals surface area contributed by atoms with Crippen molar-refractivity contribution in [2.45, 2.75) is 19.8 Å². The van der Waals surface area contributed by atoms with E-state index in [0.717, 1.165) is 12.5 Å². The predicted molar refractivity (Wildman–Crippen MR) is 50.6 cm³/mol. The van der Waals surface area contributed by atoms with Gasteiger partial charge >= 0.3 is 0 Å². The van der Waals surface area contributed by atoms with Crippen LogP contribution in [0.4, 0.5) is 0 Å². The first-order chi connectivity index (χ1) is 5.74. The molecule has 0 aromatic carbocycles. The number of nitrogens with zero attached hydrogens (tertiary/aromatic N) is 1. The summed E-state index contributed by atoms with van der Waals surface area (Å²) in [7, 11) is 4.09. The van der Waals surface area contributed by atoms with Crippen molar-refractivity contribution in [3.05, 3.63) is 11.8 Å². The lowest BCUT2D eigenvalue weighted by Gasteiger charge is -1.97. The first kappa shape index (κ1) is 12.5. The molecule has 0 saturated heterocycles. The molecule has 0 aliphatic heterocycles. The van der Waals surface area contributed by atoms with E-state index in [-0.39, 0.29) is 12.4 Å². The van der Waals surface area contributed by atoms with E-state index in [2.05, 4.69) is 10.8 Å². The van der Waals surface area contributed by atoms with Crippen LogP contribution < -0.4 is 12.4 Å². The van der Waals surface area contributed by atoms with Gasteiger partial charge in [-0.15, -0.1) is 0 Å². The van der Waals surface area contributed by atoms with Gasteiger partial charge in [-0.1, -0.05) is 0 Å². The first-order valence-corrected chi connectivity index (χ1v) is 4.57. The van der Waals surface area contributed by atoms with Crippen molar-refractivity contribution in [3.63, 3.8) is 0 Å². The average molecular weight is 204 g/mol. The van der Waals surface area contributed by atoms with E-state index in [1.54, 1.807) is 0 Å². The van der Waals surface area contributed by atoms with Crippen LogP contribution in [0.2, 0.25) is 0 Å². The number of rotatable bonds is 4. The zero-order valence-electron chi connectivity index (χ0n) is 8.59. The van der Waals surface area contributed by atoms with Gasteiger partial charge in [-0.3, -0.25) is 0 Å². The van der Waals surface area contributed by atoms with Gasteiger partial charge in [0.25, 0.3) is 0 Å². The molecule has 1 rings (SSSR count). The molecule has 0 radical (unpaired) electrons. The third-order valence-corrected chi connectivity index (χ3v) is 1.84. The fourth-order valence-corrected chi connectivity index (χ4v) is 1.13. The lowest BCUT2D eigenvalue weighted by molar-refractivity contribution is -0.459. The van der Waals surface area contributed by atoms with E-state index in [4.69, 9.17) is 4.74 Å². The van der Waals surface area contributed by atoms with Crippen molar-refractivity contribution in [1.82, 2.24) is 0 Å². The van der Waals surface area contributed by atoms with Crippen LogP contribution in [0.1, 0.15) is 19.8 Å². The topological polar surface area (TPSA) is 12.2 Å². The Balaban J connectivity index is 0.00000144. The van der Waals surface area contributed by atoms with E-state index in [0.29, 0.717) is 0 Å². The molecular weight excluding hydrogens is 186 g/mol. The Labute approximate surface area is 86.7 Å². The smallest absolute Gasteiger partial charge is 0.169 e. The molecule has 0 bridgehead atoms. The lowest BCUT2D eigenvalue weighted by Crippen LogP contribution is -3.00. The molecule has 1 fully saturated rings. The highest BCUT2D eigenvalue weighted by molar-refractivity contribution is 5.75. The van der Waals surface area contributed by atoms with Gasteiger partial charge in [0.1, 0.15) is 14.1 Å². The molecule has 1 aliphatic rings. The van der Waals surface area contributed by atoms with Crippen molar-refractivity contribution in [2.75, 3.05) is 20.7 Å². The first-order valence-electron chi connectivity index (χ1n) is 4.57.